The van der Waals surface area contributed by atoms with Crippen LogP contribution >= 0.6 is 0 Å². The van der Waals surface area contributed by atoms with Crippen LogP contribution in [0.15, 0.2) is 60.7 Å². The minimum absolute atomic E-state index is 0.119. The number of amides is 1. The fraction of sp³-hybridized carbons (Fsp3) is 0.409. The summed E-state index contributed by atoms with van der Waals surface area (Å²) in [5.74, 6) is 0.119. The van der Waals surface area contributed by atoms with E-state index in [1.807, 2.05) is 67.6 Å². The fourth-order valence-electron chi connectivity index (χ4n) is 3.19. The van der Waals surface area contributed by atoms with Crippen LogP contribution < -0.4 is 0 Å². The second-order valence-electron chi connectivity index (χ2n) is 7.11. The molecular weight excluding hydrogens is 342 g/mol. The molecule has 1 fully saturated rings. The summed E-state index contributed by atoms with van der Waals surface area (Å²) in [6.07, 6.45) is 0.353. The number of hydrogen-bond acceptors (Lipinski definition) is 4. The number of carbonyl (C=O) groups is 1. The van der Waals surface area contributed by atoms with Crippen molar-refractivity contribution in [2.45, 2.75) is 45.3 Å². The first kappa shape index (κ1) is 19.4. The van der Waals surface area contributed by atoms with Crippen molar-refractivity contribution in [3.63, 3.8) is 0 Å². The quantitative estimate of drug-likeness (QED) is 0.837. The van der Waals surface area contributed by atoms with Gasteiger partial charge < -0.3 is 19.5 Å². The average molecular weight is 369 g/mol. The molecule has 0 spiro atoms. The van der Waals surface area contributed by atoms with Gasteiger partial charge in [-0.25, -0.2) is 4.79 Å². The molecule has 1 N–H and O–H groups in total. The predicted octanol–water partition coefficient (Wildman–Crippen LogP) is 3.96. The molecule has 1 aliphatic rings. The molecule has 0 aliphatic carbocycles. The van der Waals surface area contributed by atoms with Crippen LogP contribution in [-0.4, -0.2) is 35.0 Å². The second kappa shape index (κ2) is 9.53. The predicted molar refractivity (Wildman–Crippen MR) is 103 cm³/mol. The van der Waals surface area contributed by atoms with Crippen LogP contribution in [0.5, 0.6) is 0 Å². The van der Waals surface area contributed by atoms with Crippen molar-refractivity contribution < 1.29 is 19.4 Å². The number of aliphatic hydroxyl groups excluding tert-OH is 1. The highest BCUT2D eigenvalue weighted by Crippen LogP contribution is 2.24. The molecule has 0 saturated carbocycles. The van der Waals surface area contributed by atoms with E-state index in [-0.39, 0.29) is 24.7 Å². The van der Waals surface area contributed by atoms with Crippen molar-refractivity contribution in [1.82, 2.24) is 4.90 Å². The number of nitrogens with zero attached hydrogens (tertiary/aromatic N) is 1. The third kappa shape index (κ3) is 5.81. The van der Waals surface area contributed by atoms with Crippen LogP contribution in [0.3, 0.4) is 0 Å². The first-order valence-electron chi connectivity index (χ1n) is 9.45. The molecule has 1 aliphatic heterocycles. The van der Waals surface area contributed by atoms with Gasteiger partial charge in [-0.15, -0.1) is 0 Å². The number of hydrogen-bond donors (Lipinski definition) is 1. The summed E-state index contributed by atoms with van der Waals surface area (Å²) in [4.78, 5) is 14.4. The lowest BCUT2D eigenvalue weighted by Crippen LogP contribution is -2.43. The molecule has 5 nitrogen and oxygen atoms in total. The van der Waals surface area contributed by atoms with Crippen molar-refractivity contribution in [2.75, 3.05) is 6.54 Å². The lowest BCUT2D eigenvalue weighted by atomic mass is 9.98. The van der Waals surface area contributed by atoms with Gasteiger partial charge in [-0.05, 0) is 24.0 Å². The zero-order chi connectivity index (χ0) is 19.1. The highest BCUT2D eigenvalue weighted by Gasteiger charge is 2.29. The molecule has 1 amide bonds. The van der Waals surface area contributed by atoms with Crippen LogP contribution in [0.4, 0.5) is 4.79 Å². The largest absolute Gasteiger partial charge is 0.445 e. The Morgan fingerprint density at radius 2 is 1.70 bits per heavy atom. The van der Waals surface area contributed by atoms with Gasteiger partial charge in [-0.1, -0.05) is 67.6 Å². The van der Waals surface area contributed by atoms with E-state index in [0.29, 0.717) is 13.1 Å². The van der Waals surface area contributed by atoms with Gasteiger partial charge in [0.1, 0.15) is 6.61 Å². The van der Waals surface area contributed by atoms with Crippen LogP contribution in [0, 0.1) is 5.92 Å². The maximum Gasteiger partial charge on any atom is 0.410 e. The van der Waals surface area contributed by atoms with Gasteiger partial charge in [0.15, 0.2) is 6.29 Å². The molecule has 2 aromatic rings. The fourth-order valence-corrected chi connectivity index (χ4v) is 3.19. The van der Waals surface area contributed by atoms with Gasteiger partial charge in [0.25, 0.3) is 0 Å². The molecule has 1 saturated heterocycles. The topological polar surface area (TPSA) is 59.0 Å². The second-order valence-corrected chi connectivity index (χ2v) is 7.11. The normalized spacial score (nSPS) is 22.2. The number of benzene rings is 2. The molecule has 144 valence electrons. The molecule has 2 aromatic carbocycles. The Morgan fingerprint density at radius 1 is 1.07 bits per heavy atom. The summed E-state index contributed by atoms with van der Waals surface area (Å²) in [5.41, 5.74) is 1.97. The van der Waals surface area contributed by atoms with E-state index in [0.717, 1.165) is 24.0 Å². The number of carbonyl (C=O) groups excluding carboxylic acids is 1. The monoisotopic (exact) mass is 369 g/mol. The lowest BCUT2D eigenvalue weighted by molar-refractivity contribution is -0.192. The summed E-state index contributed by atoms with van der Waals surface area (Å²) in [5, 5.41) is 9.98. The molecule has 3 unspecified atom stereocenters. The third-order valence-corrected chi connectivity index (χ3v) is 4.87. The molecular formula is C22H27NO4. The molecule has 3 rings (SSSR count). The number of rotatable bonds is 6. The summed E-state index contributed by atoms with van der Waals surface area (Å²) in [7, 11) is 0. The van der Waals surface area contributed by atoms with Gasteiger partial charge in [0, 0.05) is 12.5 Å². The Bertz CT molecular complexity index is 707. The summed E-state index contributed by atoms with van der Waals surface area (Å²) in [6.45, 7) is 3.04. The van der Waals surface area contributed by atoms with E-state index < -0.39 is 6.29 Å². The van der Waals surface area contributed by atoms with Crippen LogP contribution in [0.1, 0.15) is 30.9 Å². The molecule has 5 heteroatoms. The van der Waals surface area contributed by atoms with Gasteiger partial charge in [-0.2, -0.15) is 0 Å². The Hall–Kier alpha value is -2.37. The maximum atomic E-state index is 12.7. The minimum atomic E-state index is -0.775. The SMILES string of the molecule is CC1CCC(CN(Cc2ccccc2)C(=O)OCc2ccccc2)OC1O. The summed E-state index contributed by atoms with van der Waals surface area (Å²) < 4.78 is 11.2. The third-order valence-electron chi connectivity index (χ3n) is 4.87. The molecule has 27 heavy (non-hydrogen) atoms. The van der Waals surface area contributed by atoms with Gasteiger partial charge in [-0.3, -0.25) is 0 Å². The van der Waals surface area contributed by atoms with Crippen molar-refractivity contribution in [3.05, 3.63) is 71.8 Å². The van der Waals surface area contributed by atoms with Crippen molar-refractivity contribution >= 4 is 6.09 Å². The van der Waals surface area contributed by atoms with E-state index in [9.17, 15) is 9.90 Å². The highest BCUT2D eigenvalue weighted by atomic mass is 16.6. The summed E-state index contributed by atoms with van der Waals surface area (Å²) in [6, 6.07) is 19.4. The van der Waals surface area contributed by atoms with E-state index in [2.05, 4.69) is 0 Å². The van der Waals surface area contributed by atoms with Crippen molar-refractivity contribution in [3.8, 4) is 0 Å². The van der Waals surface area contributed by atoms with Crippen LogP contribution in [0.2, 0.25) is 0 Å². The first-order chi connectivity index (χ1) is 13.1. The standard InChI is InChI=1S/C22H27NO4/c1-17-12-13-20(27-21(17)24)15-23(14-18-8-4-2-5-9-18)22(25)26-16-19-10-6-3-7-11-19/h2-11,17,20-21,24H,12-16H2,1H3. The highest BCUT2D eigenvalue weighted by molar-refractivity contribution is 5.67. The van der Waals surface area contributed by atoms with Gasteiger partial charge in [0.05, 0.1) is 12.6 Å². The van der Waals surface area contributed by atoms with Crippen molar-refractivity contribution in [2.24, 2.45) is 5.92 Å². The molecule has 0 radical (unpaired) electrons. The van der Waals surface area contributed by atoms with E-state index in [1.165, 1.54) is 0 Å². The zero-order valence-corrected chi connectivity index (χ0v) is 15.7. The van der Waals surface area contributed by atoms with Crippen LogP contribution in [0.25, 0.3) is 0 Å². The Morgan fingerprint density at radius 3 is 2.33 bits per heavy atom. The molecule has 3 atom stereocenters. The van der Waals surface area contributed by atoms with Crippen LogP contribution in [-0.2, 0) is 22.6 Å². The Kier molecular flexibility index (Phi) is 6.85. The van der Waals surface area contributed by atoms with E-state index in [4.69, 9.17) is 9.47 Å². The Balaban J connectivity index is 1.64. The molecule has 0 aromatic heterocycles. The van der Waals surface area contributed by atoms with Crippen molar-refractivity contribution in [1.29, 1.82) is 0 Å². The summed E-state index contributed by atoms with van der Waals surface area (Å²) >= 11 is 0. The van der Waals surface area contributed by atoms with Gasteiger partial charge in [0.2, 0.25) is 0 Å². The van der Waals surface area contributed by atoms with E-state index >= 15 is 0 Å². The molecule has 0 bridgehead atoms. The lowest BCUT2D eigenvalue weighted by Gasteiger charge is -2.34. The van der Waals surface area contributed by atoms with Gasteiger partial charge >= 0.3 is 6.09 Å². The smallest absolute Gasteiger partial charge is 0.410 e. The molecule has 1 heterocycles. The average Bonchev–Trinajstić information content (AvgIpc) is 2.70. The number of ether oxygens (including phenoxy) is 2. The zero-order valence-electron chi connectivity index (χ0n) is 15.7. The first-order valence-corrected chi connectivity index (χ1v) is 9.45. The maximum absolute atomic E-state index is 12.7. The Labute approximate surface area is 160 Å². The number of aliphatic hydroxyl groups is 1. The van der Waals surface area contributed by atoms with E-state index in [1.54, 1.807) is 4.90 Å². The minimum Gasteiger partial charge on any atom is -0.445 e.